The largest absolute Gasteiger partial charge is 0.394 e. The number of amides is 1. The number of carbonyl (C=O) groups is 1. The monoisotopic (exact) mass is 519 g/mol. The van der Waals surface area contributed by atoms with E-state index in [0.29, 0.717) is 6.42 Å². The zero-order valence-electron chi connectivity index (χ0n) is 23.1. The first-order valence-electron chi connectivity index (χ1n) is 14.5. The molecule has 0 saturated carbocycles. The molecule has 0 radical (unpaired) electrons. The maximum Gasteiger partial charge on any atom is 0.222 e. The average Bonchev–Trinajstić information content (AvgIpc) is 2.88. The van der Waals surface area contributed by atoms with Crippen LogP contribution in [0.15, 0.2) is 0 Å². The second-order valence-corrected chi connectivity index (χ2v) is 10.5. The molecule has 0 aromatic rings. The summed E-state index contributed by atoms with van der Waals surface area (Å²) in [7, 11) is 1.51. The van der Waals surface area contributed by atoms with Crippen LogP contribution in [-0.4, -0.2) is 92.2 Å². The number of hydrogen-bond acceptors (Lipinski definition) is 7. The van der Waals surface area contributed by atoms with Crippen LogP contribution >= 0.6 is 0 Å². The lowest BCUT2D eigenvalue weighted by atomic mass is 9.99. The van der Waals surface area contributed by atoms with Crippen molar-refractivity contribution in [3.8, 4) is 0 Å². The van der Waals surface area contributed by atoms with Gasteiger partial charge in [-0.1, -0.05) is 110 Å². The van der Waals surface area contributed by atoms with Crippen LogP contribution in [0.1, 0.15) is 122 Å². The van der Waals surface area contributed by atoms with Crippen molar-refractivity contribution < 1.29 is 35.4 Å². The molecule has 36 heavy (non-hydrogen) atoms. The highest BCUT2D eigenvalue weighted by Gasteiger charge is 2.34. The Bertz CT molecular complexity index is 508. The summed E-state index contributed by atoms with van der Waals surface area (Å²) in [6.45, 7) is 1.26. The van der Waals surface area contributed by atoms with Crippen LogP contribution in [0.5, 0.6) is 0 Å². The zero-order chi connectivity index (χ0) is 27.2. The first-order valence-corrected chi connectivity index (χ1v) is 14.5. The van der Waals surface area contributed by atoms with Gasteiger partial charge in [0.05, 0.1) is 6.61 Å². The van der Waals surface area contributed by atoms with Gasteiger partial charge in [-0.15, -0.1) is 0 Å². The highest BCUT2D eigenvalue weighted by atomic mass is 16.4. The minimum absolute atomic E-state index is 0.160. The van der Waals surface area contributed by atoms with Crippen molar-refractivity contribution in [2.24, 2.45) is 0 Å². The van der Waals surface area contributed by atoms with E-state index >= 15 is 0 Å². The molecule has 0 aromatic carbocycles. The van der Waals surface area contributed by atoms with E-state index < -0.39 is 37.1 Å². The van der Waals surface area contributed by atoms with E-state index in [9.17, 15) is 30.3 Å². The van der Waals surface area contributed by atoms with Crippen molar-refractivity contribution in [3.05, 3.63) is 0 Å². The molecule has 6 N–H and O–H groups in total. The first kappa shape index (κ1) is 35.2. The second-order valence-electron chi connectivity index (χ2n) is 10.5. The molecule has 0 spiro atoms. The maximum absolute atomic E-state index is 12.3. The summed E-state index contributed by atoms with van der Waals surface area (Å²) in [5.74, 6) is -0.160. The second kappa shape index (κ2) is 23.4. The van der Waals surface area contributed by atoms with Crippen molar-refractivity contribution >= 4 is 5.91 Å². The van der Waals surface area contributed by atoms with E-state index in [1.807, 2.05) is 0 Å². The van der Waals surface area contributed by atoms with Crippen LogP contribution < -0.4 is 0 Å². The zero-order valence-corrected chi connectivity index (χ0v) is 23.1. The molecule has 0 rings (SSSR count). The Morgan fingerprint density at radius 3 is 1.33 bits per heavy atom. The Balaban J connectivity index is 3.68. The van der Waals surface area contributed by atoms with Crippen molar-refractivity contribution in [1.82, 2.24) is 4.90 Å². The molecule has 8 heteroatoms. The third-order valence-electron chi connectivity index (χ3n) is 7.06. The van der Waals surface area contributed by atoms with Gasteiger partial charge in [-0.05, 0) is 6.42 Å². The molecule has 0 bridgehead atoms. The van der Waals surface area contributed by atoms with Gasteiger partial charge < -0.3 is 35.5 Å². The average molecular weight is 520 g/mol. The third-order valence-corrected chi connectivity index (χ3v) is 7.06. The van der Waals surface area contributed by atoms with Gasteiger partial charge in [0, 0.05) is 20.0 Å². The minimum atomic E-state index is -1.85. The highest BCUT2D eigenvalue weighted by molar-refractivity contribution is 5.75. The fourth-order valence-corrected chi connectivity index (χ4v) is 4.45. The highest BCUT2D eigenvalue weighted by Crippen LogP contribution is 2.15. The molecule has 5 atom stereocenters. The van der Waals surface area contributed by atoms with Gasteiger partial charge in [-0.2, -0.15) is 0 Å². The molecule has 0 heterocycles. The summed E-state index contributed by atoms with van der Waals surface area (Å²) in [4.78, 5) is 13.6. The number of likely N-dealkylation sites (N-methyl/N-ethyl adjacent to an activating group) is 1. The SMILES string of the molecule is CCCCCCCCCCCCCCCCCCCC(=O)N(C)C[C@H](O)[C@@H](O)[C@H](O)[C@H](O)C(O)CO. The number of aliphatic hydroxyl groups excluding tert-OH is 6. The van der Waals surface area contributed by atoms with Gasteiger partial charge in [-0.25, -0.2) is 0 Å². The third kappa shape index (κ3) is 17.6. The van der Waals surface area contributed by atoms with Crippen LogP contribution in [0.25, 0.3) is 0 Å². The van der Waals surface area contributed by atoms with Crippen molar-refractivity contribution in [2.45, 2.75) is 153 Å². The Morgan fingerprint density at radius 2 is 0.944 bits per heavy atom. The quantitative estimate of drug-likeness (QED) is 0.102. The predicted molar refractivity (Wildman–Crippen MR) is 144 cm³/mol. The van der Waals surface area contributed by atoms with Crippen molar-refractivity contribution in [1.29, 1.82) is 0 Å². The summed E-state index contributed by atoms with van der Waals surface area (Å²) >= 11 is 0. The summed E-state index contributed by atoms with van der Waals surface area (Å²) in [6.07, 6.45) is 13.5. The predicted octanol–water partition coefficient (Wildman–Crippen LogP) is 3.28. The number of nitrogens with zero attached hydrogens (tertiary/aromatic N) is 1. The number of carbonyl (C=O) groups excluding carboxylic acids is 1. The van der Waals surface area contributed by atoms with E-state index in [-0.39, 0.29) is 12.5 Å². The molecular formula is C28H57NO7. The van der Waals surface area contributed by atoms with E-state index in [0.717, 1.165) is 19.3 Å². The number of unbranched alkanes of at least 4 members (excludes halogenated alkanes) is 16. The Hall–Kier alpha value is -0.770. The molecular weight excluding hydrogens is 462 g/mol. The molecule has 0 saturated heterocycles. The number of hydrogen-bond donors (Lipinski definition) is 6. The van der Waals surface area contributed by atoms with Gasteiger partial charge in [0.1, 0.15) is 30.5 Å². The van der Waals surface area contributed by atoms with Gasteiger partial charge in [-0.3, -0.25) is 4.79 Å². The lowest BCUT2D eigenvalue weighted by Gasteiger charge is -2.30. The molecule has 0 aliphatic rings. The fraction of sp³-hybridized carbons (Fsp3) is 0.964. The first-order chi connectivity index (χ1) is 17.3. The summed E-state index contributed by atoms with van der Waals surface area (Å²) in [6, 6.07) is 0. The van der Waals surface area contributed by atoms with Crippen LogP contribution in [-0.2, 0) is 4.79 Å². The fourth-order valence-electron chi connectivity index (χ4n) is 4.45. The smallest absolute Gasteiger partial charge is 0.222 e. The van der Waals surface area contributed by atoms with E-state index in [4.69, 9.17) is 5.11 Å². The molecule has 0 fully saturated rings. The molecule has 0 aliphatic carbocycles. The molecule has 1 unspecified atom stereocenters. The summed E-state index contributed by atoms with van der Waals surface area (Å²) < 4.78 is 0. The molecule has 216 valence electrons. The molecule has 0 aromatic heterocycles. The standard InChI is InChI=1S/C28H57NO7/c1-3-4-5-6-7-8-9-10-11-12-13-14-15-16-17-18-19-20-25(33)29(2)21-23(31)26(34)28(36)27(35)24(32)22-30/h23-24,26-28,30-32,34-36H,3-22H2,1-2H3/t23-,24?,26+,27+,28-/m0/s1. The molecule has 0 aliphatic heterocycles. The number of aliphatic hydroxyl groups is 6. The van der Waals surface area contributed by atoms with Gasteiger partial charge in [0.25, 0.3) is 0 Å². The van der Waals surface area contributed by atoms with Crippen LogP contribution in [0, 0.1) is 0 Å². The van der Waals surface area contributed by atoms with Crippen molar-refractivity contribution in [3.63, 3.8) is 0 Å². The van der Waals surface area contributed by atoms with Crippen LogP contribution in [0.2, 0.25) is 0 Å². The van der Waals surface area contributed by atoms with Gasteiger partial charge >= 0.3 is 0 Å². The van der Waals surface area contributed by atoms with Gasteiger partial charge in [0.2, 0.25) is 5.91 Å². The Labute approximate surface area is 219 Å². The van der Waals surface area contributed by atoms with Gasteiger partial charge in [0.15, 0.2) is 0 Å². The summed E-state index contributed by atoms with van der Waals surface area (Å²) in [5.41, 5.74) is 0. The number of rotatable bonds is 25. The molecule has 1 amide bonds. The van der Waals surface area contributed by atoms with E-state index in [1.54, 1.807) is 0 Å². The van der Waals surface area contributed by atoms with Crippen LogP contribution in [0.3, 0.4) is 0 Å². The topological polar surface area (TPSA) is 142 Å². The maximum atomic E-state index is 12.3. The normalized spacial score (nSPS) is 15.9. The van der Waals surface area contributed by atoms with Crippen molar-refractivity contribution in [2.75, 3.05) is 20.2 Å². The van der Waals surface area contributed by atoms with E-state index in [1.165, 1.54) is 102 Å². The lowest BCUT2D eigenvalue weighted by Crippen LogP contribution is -2.52. The summed E-state index contributed by atoms with van der Waals surface area (Å²) in [5, 5.41) is 57.7. The van der Waals surface area contributed by atoms with E-state index in [2.05, 4.69) is 6.92 Å². The minimum Gasteiger partial charge on any atom is -0.394 e. The Kier molecular flexibility index (Phi) is 22.9. The van der Waals surface area contributed by atoms with Crippen LogP contribution in [0.4, 0.5) is 0 Å². The Morgan fingerprint density at radius 1 is 0.583 bits per heavy atom. The lowest BCUT2D eigenvalue weighted by molar-refractivity contribution is -0.147. The molecule has 8 nitrogen and oxygen atoms in total.